The first kappa shape index (κ1) is 35.2. The fourth-order valence-electron chi connectivity index (χ4n) is 12.9. The third-order valence-electron chi connectivity index (χ3n) is 15.2. The average molecular weight is 819 g/mol. The van der Waals surface area contributed by atoms with E-state index in [4.69, 9.17) is 0 Å². The smallest absolute Gasteiger partial charge is 0.0619 e. The summed E-state index contributed by atoms with van der Waals surface area (Å²) in [5.74, 6) is 0. The Morgan fingerprint density at radius 1 is 0.200 bits per heavy atom. The van der Waals surface area contributed by atoms with Gasteiger partial charge in [0.1, 0.15) is 0 Å². The molecule has 0 bridgehead atoms. The maximum Gasteiger partial charge on any atom is 0.0737 e. The first-order valence-electron chi connectivity index (χ1n) is 22.9. The summed E-state index contributed by atoms with van der Waals surface area (Å²) in [7, 11) is 0. The molecule has 13 aromatic rings. The lowest BCUT2D eigenvalue weighted by atomic mass is 9.68. The Labute approximate surface area is 376 Å². The summed E-state index contributed by atoms with van der Waals surface area (Å²) in [5, 5.41) is 17.9. The molecular weight excluding hydrogens is 781 g/mol. The minimum absolute atomic E-state index is 0.537. The van der Waals surface area contributed by atoms with E-state index in [1.54, 1.807) is 0 Å². The van der Waals surface area contributed by atoms with Gasteiger partial charge in [-0.25, -0.2) is 0 Å². The van der Waals surface area contributed by atoms with Gasteiger partial charge in [0, 0.05) is 0 Å². The molecule has 65 heavy (non-hydrogen) atoms. The van der Waals surface area contributed by atoms with Crippen LogP contribution >= 0.6 is 0 Å². The monoisotopic (exact) mass is 818 g/mol. The van der Waals surface area contributed by atoms with Crippen LogP contribution in [-0.2, 0) is 5.41 Å². The lowest BCUT2D eigenvalue weighted by Crippen LogP contribution is -2.26. The van der Waals surface area contributed by atoms with E-state index in [1.807, 2.05) is 0 Å². The molecule has 0 aromatic heterocycles. The standard InChI is InChI=1S/C65H38/c1-2-20-40-39(19-1)37-55(44-24-4-3-21-41(40)44)60-49-29-9-11-31-51(49)61(52-32-12-10-30-50(52)60)56-38-57-62-48-28-8-5-22-42(48)43-23-6-14-34-54(43)64(62)65(63(57)53-33-13-7-25-45(53)56)58-35-17-15-26-46(58)47-27-16-18-36-59(47)65/h1-38H. The van der Waals surface area contributed by atoms with Crippen molar-refractivity contribution in [3.63, 3.8) is 0 Å². The summed E-state index contributed by atoms with van der Waals surface area (Å²) in [6.45, 7) is 0. The number of rotatable bonds is 2. The fourth-order valence-corrected chi connectivity index (χ4v) is 12.9. The highest BCUT2D eigenvalue weighted by Gasteiger charge is 2.54. The van der Waals surface area contributed by atoms with E-state index in [0.717, 1.165) is 0 Å². The van der Waals surface area contributed by atoms with E-state index < -0.39 is 5.41 Å². The van der Waals surface area contributed by atoms with Crippen LogP contribution in [0.15, 0.2) is 231 Å². The average Bonchev–Trinajstić information content (AvgIpc) is 3.85. The molecule has 0 heterocycles. The van der Waals surface area contributed by atoms with Crippen LogP contribution in [-0.4, -0.2) is 0 Å². The second kappa shape index (κ2) is 12.9. The molecule has 13 aromatic carbocycles. The molecule has 0 nitrogen and oxygen atoms in total. The quantitative estimate of drug-likeness (QED) is 0.120. The zero-order valence-corrected chi connectivity index (χ0v) is 35.4. The maximum atomic E-state index is 2.61. The van der Waals surface area contributed by atoms with Crippen LogP contribution in [0.5, 0.6) is 0 Å². The molecule has 0 amide bonds. The molecule has 2 aliphatic carbocycles. The van der Waals surface area contributed by atoms with Crippen molar-refractivity contribution >= 4 is 75.4 Å². The summed E-state index contributed by atoms with van der Waals surface area (Å²) in [6.07, 6.45) is 0. The predicted octanol–water partition coefficient (Wildman–Crippen LogP) is 17.4. The molecule has 1 spiro atoms. The predicted molar refractivity (Wildman–Crippen MR) is 276 cm³/mol. The van der Waals surface area contributed by atoms with Crippen molar-refractivity contribution in [2.45, 2.75) is 5.41 Å². The zero-order chi connectivity index (χ0) is 42.4. The van der Waals surface area contributed by atoms with Gasteiger partial charge in [0.05, 0.1) is 5.41 Å². The van der Waals surface area contributed by atoms with Crippen molar-refractivity contribution in [3.05, 3.63) is 253 Å². The molecule has 0 N–H and O–H groups in total. The van der Waals surface area contributed by atoms with E-state index in [-0.39, 0.29) is 0 Å². The SMILES string of the molecule is c1ccc2c(c1)-c1ccccc1C21c2c(cc(-c3c4ccccc4c(-c4cc5ccccc5c5ccccc45)c4ccccc34)c3ccccc23)-c2c1c1ccccc1c1ccccc21. The van der Waals surface area contributed by atoms with Gasteiger partial charge in [0.2, 0.25) is 0 Å². The van der Waals surface area contributed by atoms with Crippen molar-refractivity contribution in [1.82, 2.24) is 0 Å². The first-order chi connectivity index (χ1) is 32.3. The van der Waals surface area contributed by atoms with Gasteiger partial charge in [-0.15, -0.1) is 0 Å². The van der Waals surface area contributed by atoms with Gasteiger partial charge in [-0.05, 0) is 154 Å². The number of fused-ring (bicyclic) bond motifs is 22. The van der Waals surface area contributed by atoms with Gasteiger partial charge in [-0.2, -0.15) is 0 Å². The highest BCUT2D eigenvalue weighted by atomic mass is 14.5. The first-order valence-corrected chi connectivity index (χ1v) is 22.9. The summed E-state index contributed by atoms with van der Waals surface area (Å²) in [4.78, 5) is 0. The van der Waals surface area contributed by atoms with Gasteiger partial charge in [0.25, 0.3) is 0 Å². The molecule has 0 aliphatic heterocycles. The normalized spacial score (nSPS) is 13.4. The molecule has 0 radical (unpaired) electrons. The molecule has 0 unspecified atom stereocenters. The summed E-state index contributed by atoms with van der Waals surface area (Å²) in [5.41, 5.74) is 15.4. The lowest BCUT2D eigenvalue weighted by molar-refractivity contribution is 0.809. The Morgan fingerprint density at radius 2 is 0.538 bits per heavy atom. The van der Waals surface area contributed by atoms with Gasteiger partial charge < -0.3 is 0 Å². The zero-order valence-electron chi connectivity index (χ0n) is 35.4. The van der Waals surface area contributed by atoms with Crippen molar-refractivity contribution < 1.29 is 0 Å². The minimum atomic E-state index is -0.537. The van der Waals surface area contributed by atoms with E-state index in [9.17, 15) is 0 Å². The Balaban J connectivity index is 1.14. The number of hydrogen-bond acceptors (Lipinski definition) is 0. The Morgan fingerprint density at radius 3 is 1.08 bits per heavy atom. The van der Waals surface area contributed by atoms with E-state index in [2.05, 4.69) is 231 Å². The van der Waals surface area contributed by atoms with Crippen molar-refractivity contribution in [1.29, 1.82) is 0 Å². The second-order valence-electron chi connectivity index (χ2n) is 18.1. The number of benzene rings is 13. The maximum absolute atomic E-state index is 2.61. The molecule has 0 saturated heterocycles. The van der Waals surface area contributed by atoms with Crippen LogP contribution in [0.3, 0.4) is 0 Å². The molecule has 0 heteroatoms. The molecular formula is C65H38. The highest BCUT2D eigenvalue weighted by molar-refractivity contribution is 6.29. The summed E-state index contributed by atoms with van der Waals surface area (Å²) < 4.78 is 0. The van der Waals surface area contributed by atoms with Crippen LogP contribution in [0.25, 0.3) is 120 Å². The van der Waals surface area contributed by atoms with Gasteiger partial charge in [-0.3, -0.25) is 0 Å². The van der Waals surface area contributed by atoms with Gasteiger partial charge >= 0.3 is 0 Å². The number of hydrogen-bond donors (Lipinski definition) is 0. The van der Waals surface area contributed by atoms with Gasteiger partial charge in [-0.1, -0.05) is 218 Å². The minimum Gasteiger partial charge on any atom is -0.0619 e. The third kappa shape index (κ3) is 4.41. The van der Waals surface area contributed by atoms with E-state index in [1.165, 1.54) is 142 Å². The molecule has 2 aliphatic rings. The van der Waals surface area contributed by atoms with Crippen LogP contribution in [0.1, 0.15) is 22.3 Å². The van der Waals surface area contributed by atoms with E-state index in [0.29, 0.717) is 0 Å². The molecule has 15 rings (SSSR count). The second-order valence-corrected chi connectivity index (χ2v) is 18.1. The Kier molecular flexibility index (Phi) is 6.97. The van der Waals surface area contributed by atoms with Crippen molar-refractivity contribution in [2.24, 2.45) is 0 Å². The molecule has 0 saturated carbocycles. The van der Waals surface area contributed by atoms with Crippen LogP contribution < -0.4 is 0 Å². The Bertz CT molecular complexity index is 4140. The lowest BCUT2D eigenvalue weighted by Gasteiger charge is -2.33. The molecule has 298 valence electrons. The fraction of sp³-hybridized carbons (Fsp3) is 0.0154. The summed E-state index contributed by atoms with van der Waals surface area (Å²) >= 11 is 0. The van der Waals surface area contributed by atoms with Crippen LogP contribution in [0.4, 0.5) is 0 Å². The third-order valence-corrected chi connectivity index (χ3v) is 15.2. The van der Waals surface area contributed by atoms with Crippen LogP contribution in [0, 0.1) is 0 Å². The van der Waals surface area contributed by atoms with Crippen molar-refractivity contribution in [2.75, 3.05) is 0 Å². The molecule has 0 fully saturated rings. The largest absolute Gasteiger partial charge is 0.0737 e. The van der Waals surface area contributed by atoms with Crippen LogP contribution in [0.2, 0.25) is 0 Å². The summed E-state index contributed by atoms with van der Waals surface area (Å²) in [6, 6.07) is 87.3. The van der Waals surface area contributed by atoms with Gasteiger partial charge in [0.15, 0.2) is 0 Å². The topological polar surface area (TPSA) is 0 Å². The van der Waals surface area contributed by atoms with Crippen molar-refractivity contribution in [3.8, 4) is 44.5 Å². The van der Waals surface area contributed by atoms with E-state index >= 15 is 0 Å². The Hall–Kier alpha value is -8.32. The molecule has 0 atom stereocenters. The highest BCUT2D eigenvalue weighted by Crippen LogP contribution is 2.67.